The van der Waals surface area contributed by atoms with Gasteiger partial charge in [0.25, 0.3) is 11.8 Å². The van der Waals surface area contributed by atoms with Gasteiger partial charge in [-0.05, 0) is 67.7 Å². The summed E-state index contributed by atoms with van der Waals surface area (Å²) in [7, 11) is 0. The van der Waals surface area contributed by atoms with E-state index in [0.29, 0.717) is 24.2 Å². The third kappa shape index (κ3) is 3.24. The number of hydrogen-bond donors (Lipinski definition) is 2. The first-order chi connectivity index (χ1) is 15.5. The molecule has 3 amide bonds. The molecule has 170 valence electrons. The maximum atomic E-state index is 13.4. The molecule has 1 aromatic rings. The van der Waals surface area contributed by atoms with Crippen LogP contribution in [0.2, 0.25) is 0 Å². The van der Waals surface area contributed by atoms with E-state index in [1.54, 1.807) is 12.1 Å². The van der Waals surface area contributed by atoms with Crippen molar-refractivity contribution >= 4 is 17.7 Å². The molecular weight excluding hydrogens is 406 g/mol. The quantitative estimate of drug-likeness (QED) is 0.753. The number of hydrogen-bond acceptors (Lipinski definition) is 4. The lowest BCUT2D eigenvalue weighted by Crippen LogP contribution is -2.44. The molecule has 3 atom stereocenters. The molecule has 3 heterocycles. The van der Waals surface area contributed by atoms with Crippen molar-refractivity contribution in [2.45, 2.75) is 51.0 Å². The Balaban J connectivity index is 1.14. The Hall–Kier alpha value is -2.41. The summed E-state index contributed by atoms with van der Waals surface area (Å²) < 4.78 is 5.59. The molecule has 2 saturated carbocycles. The van der Waals surface area contributed by atoms with Gasteiger partial charge in [-0.3, -0.25) is 14.4 Å². The highest BCUT2D eigenvalue weighted by atomic mass is 16.5. The number of benzene rings is 1. The highest BCUT2D eigenvalue weighted by Crippen LogP contribution is 2.60. The molecule has 2 aliphatic carbocycles. The zero-order valence-electron chi connectivity index (χ0n) is 18.5. The number of fused-ring (bicyclic) bond motifs is 1. The Labute approximate surface area is 188 Å². The fourth-order valence-electron chi connectivity index (χ4n) is 6.48. The maximum absolute atomic E-state index is 13.4. The molecule has 2 saturated heterocycles. The average Bonchev–Trinajstić information content (AvgIpc) is 3.10. The van der Waals surface area contributed by atoms with E-state index in [-0.39, 0.29) is 40.5 Å². The summed E-state index contributed by atoms with van der Waals surface area (Å²) in [4.78, 5) is 40.4. The van der Waals surface area contributed by atoms with Crippen LogP contribution in [-0.4, -0.2) is 61.5 Å². The van der Waals surface area contributed by atoms with Crippen molar-refractivity contribution in [3.8, 4) is 0 Å². The third-order valence-electron chi connectivity index (χ3n) is 8.72. The van der Waals surface area contributed by atoms with E-state index in [4.69, 9.17) is 4.74 Å². The molecule has 0 aromatic heterocycles. The minimum atomic E-state index is -0.132. The van der Waals surface area contributed by atoms with E-state index < -0.39 is 0 Å². The number of ether oxygens (including phenoxy) is 1. The minimum Gasteiger partial charge on any atom is -0.381 e. The predicted octanol–water partition coefficient (Wildman–Crippen LogP) is 1.90. The zero-order valence-corrected chi connectivity index (χ0v) is 18.5. The smallest absolute Gasteiger partial charge is 0.251 e. The van der Waals surface area contributed by atoms with Gasteiger partial charge in [-0.1, -0.05) is 6.42 Å². The van der Waals surface area contributed by atoms with Gasteiger partial charge in [0, 0.05) is 54.7 Å². The van der Waals surface area contributed by atoms with Crippen LogP contribution in [0.3, 0.4) is 0 Å². The van der Waals surface area contributed by atoms with Gasteiger partial charge in [0.2, 0.25) is 5.91 Å². The molecule has 3 aliphatic heterocycles. The van der Waals surface area contributed by atoms with Gasteiger partial charge in [-0.15, -0.1) is 0 Å². The SMILES string of the molecule is O=C(NCC1CC2(CCC2)CN1C(=O)C1CC12CCOC2)c1ccc2c(c1)CCNC2=O. The van der Waals surface area contributed by atoms with Crippen molar-refractivity contribution in [3.63, 3.8) is 0 Å². The van der Waals surface area contributed by atoms with Crippen molar-refractivity contribution in [3.05, 3.63) is 34.9 Å². The van der Waals surface area contributed by atoms with Gasteiger partial charge in [0.05, 0.1) is 6.61 Å². The van der Waals surface area contributed by atoms with E-state index in [9.17, 15) is 14.4 Å². The highest BCUT2D eigenvalue weighted by molar-refractivity contribution is 5.99. The van der Waals surface area contributed by atoms with Crippen LogP contribution in [0.5, 0.6) is 0 Å². The molecule has 1 aromatic carbocycles. The first-order valence-electron chi connectivity index (χ1n) is 12.1. The molecule has 7 heteroatoms. The third-order valence-corrected chi connectivity index (χ3v) is 8.72. The van der Waals surface area contributed by atoms with Crippen LogP contribution in [0.4, 0.5) is 0 Å². The van der Waals surface area contributed by atoms with Crippen LogP contribution in [-0.2, 0) is 16.0 Å². The average molecular weight is 438 g/mol. The summed E-state index contributed by atoms with van der Waals surface area (Å²) in [6.07, 6.45) is 7.30. The largest absolute Gasteiger partial charge is 0.381 e. The highest BCUT2D eigenvalue weighted by Gasteiger charge is 2.62. The summed E-state index contributed by atoms with van der Waals surface area (Å²) >= 11 is 0. The molecule has 0 radical (unpaired) electrons. The van der Waals surface area contributed by atoms with Crippen molar-refractivity contribution in [2.75, 3.05) is 32.8 Å². The maximum Gasteiger partial charge on any atom is 0.251 e. The summed E-state index contributed by atoms with van der Waals surface area (Å²) in [5, 5.41) is 5.92. The number of likely N-dealkylation sites (tertiary alicyclic amines) is 1. The Morgan fingerprint density at radius 1 is 1.22 bits per heavy atom. The number of nitrogens with one attached hydrogen (secondary N) is 2. The number of amides is 3. The van der Waals surface area contributed by atoms with Crippen molar-refractivity contribution < 1.29 is 19.1 Å². The summed E-state index contributed by atoms with van der Waals surface area (Å²) in [6, 6.07) is 5.36. The van der Waals surface area contributed by atoms with Gasteiger partial charge in [-0.2, -0.15) is 0 Å². The number of nitrogens with zero attached hydrogens (tertiary/aromatic N) is 1. The van der Waals surface area contributed by atoms with Gasteiger partial charge >= 0.3 is 0 Å². The fraction of sp³-hybridized carbons (Fsp3) is 0.640. The molecule has 2 N–H and O–H groups in total. The summed E-state index contributed by atoms with van der Waals surface area (Å²) in [5.74, 6) is 0.172. The first kappa shape index (κ1) is 20.2. The van der Waals surface area contributed by atoms with Gasteiger partial charge < -0.3 is 20.3 Å². The van der Waals surface area contributed by atoms with Crippen LogP contribution >= 0.6 is 0 Å². The lowest BCUT2D eigenvalue weighted by atomic mass is 9.67. The van der Waals surface area contributed by atoms with Gasteiger partial charge in [-0.25, -0.2) is 0 Å². The van der Waals surface area contributed by atoms with Crippen LogP contribution in [0, 0.1) is 16.7 Å². The van der Waals surface area contributed by atoms with E-state index in [0.717, 1.165) is 51.0 Å². The second kappa shape index (κ2) is 7.30. The standard InChI is InChI=1S/C25H31N3O4/c29-21(17-2-3-19-16(10-17)4-8-26-22(19)30)27-13-18-11-24(5-1-6-24)14-28(18)23(31)20-12-25(20)7-9-32-15-25/h2-3,10,18,20H,1,4-9,11-15H2,(H,26,30)(H,27,29). The molecule has 3 unspecified atom stereocenters. The molecule has 0 bridgehead atoms. The predicted molar refractivity (Wildman–Crippen MR) is 117 cm³/mol. The number of carbonyl (C=O) groups excluding carboxylic acids is 3. The van der Waals surface area contributed by atoms with Crippen LogP contribution in [0.25, 0.3) is 0 Å². The minimum absolute atomic E-state index is 0.0649. The normalized spacial score (nSPS) is 31.9. The Morgan fingerprint density at radius 3 is 2.84 bits per heavy atom. The molecule has 2 spiro atoms. The molecule has 7 nitrogen and oxygen atoms in total. The molecule has 32 heavy (non-hydrogen) atoms. The second-order valence-electron chi connectivity index (χ2n) is 10.7. The van der Waals surface area contributed by atoms with Crippen LogP contribution in [0.1, 0.15) is 64.8 Å². The van der Waals surface area contributed by atoms with Gasteiger partial charge in [0.1, 0.15) is 0 Å². The monoisotopic (exact) mass is 437 g/mol. The van der Waals surface area contributed by atoms with Crippen LogP contribution in [0.15, 0.2) is 18.2 Å². The fourth-order valence-corrected chi connectivity index (χ4v) is 6.48. The second-order valence-corrected chi connectivity index (χ2v) is 10.7. The lowest BCUT2D eigenvalue weighted by molar-refractivity contribution is -0.134. The lowest BCUT2D eigenvalue weighted by Gasteiger charge is -2.38. The van der Waals surface area contributed by atoms with E-state index in [1.165, 1.54) is 19.3 Å². The van der Waals surface area contributed by atoms with Crippen LogP contribution < -0.4 is 10.6 Å². The Morgan fingerprint density at radius 2 is 2.09 bits per heavy atom. The Bertz CT molecular complexity index is 979. The van der Waals surface area contributed by atoms with Crippen molar-refractivity contribution in [1.82, 2.24) is 15.5 Å². The molecule has 6 rings (SSSR count). The van der Waals surface area contributed by atoms with Gasteiger partial charge in [0.15, 0.2) is 0 Å². The first-order valence-corrected chi connectivity index (χ1v) is 12.1. The molecule has 5 aliphatic rings. The molecular formula is C25H31N3O4. The van der Waals surface area contributed by atoms with Crippen molar-refractivity contribution in [1.29, 1.82) is 0 Å². The van der Waals surface area contributed by atoms with Crippen molar-refractivity contribution in [2.24, 2.45) is 16.7 Å². The summed E-state index contributed by atoms with van der Waals surface area (Å²) in [6.45, 7) is 3.43. The van der Waals surface area contributed by atoms with E-state index in [1.807, 2.05) is 6.07 Å². The zero-order chi connectivity index (χ0) is 21.9. The number of carbonyl (C=O) groups is 3. The van der Waals surface area contributed by atoms with E-state index >= 15 is 0 Å². The summed E-state index contributed by atoms with van der Waals surface area (Å²) in [5.41, 5.74) is 2.51. The number of rotatable bonds is 4. The topological polar surface area (TPSA) is 87.7 Å². The van der Waals surface area contributed by atoms with E-state index in [2.05, 4.69) is 15.5 Å². The molecule has 4 fully saturated rings. The Kier molecular flexibility index (Phi) is 4.61.